The van der Waals surface area contributed by atoms with Crippen LogP contribution in [0.1, 0.15) is 13.8 Å². The fraction of sp³-hybridized carbons (Fsp3) is 0.385. The number of hydrogen-bond donors (Lipinski definition) is 2. The SMILES string of the molecule is CSC(C)(C)CNc1cc2nc[nH]c(=O)c2cc1[N+](=O)[O-]. The molecule has 8 heteroatoms. The summed E-state index contributed by atoms with van der Waals surface area (Å²) in [5, 5.41) is 14.5. The van der Waals surface area contributed by atoms with Crippen LogP contribution in [0.15, 0.2) is 23.3 Å². The summed E-state index contributed by atoms with van der Waals surface area (Å²) >= 11 is 1.66. The Labute approximate surface area is 125 Å². The number of nitrogens with zero attached hydrogens (tertiary/aromatic N) is 2. The zero-order chi connectivity index (χ0) is 15.6. The molecule has 0 saturated carbocycles. The van der Waals surface area contributed by atoms with E-state index in [9.17, 15) is 14.9 Å². The Kier molecular flexibility index (Phi) is 4.17. The summed E-state index contributed by atoms with van der Waals surface area (Å²) in [5.74, 6) is 0. The van der Waals surface area contributed by atoms with Crippen molar-refractivity contribution in [1.82, 2.24) is 9.97 Å². The number of benzene rings is 1. The van der Waals surface area contributed by atoms with Crippen molar-refractivity contribution < 1.29 is 4.92 Å². The van der Waals surface area contributed by atoms with Crippen molar-refractivity contribution in [3.05, 3.63) is 38.9 Å². The standard InChI is InChI=1S/C13H16N4O3S/c1-13(2,21-3)6-14-10-5-9-8(4-11(10)17(19)20)12(18)16-7-15-9/h4-5,7,14H,6H2,1-3H3,(H,15,16,18). The number of thioether (sulfide) groups is 1. The van der Waals surface area contributed by atoms with E-state index in [4.69, 9.17) is 0 Å². The van der Waals surface area contributed by atoms with E-state index < -0.39 is 4.92 Å². The number of nitro benzene ring substituents is 1. The Bertz CT molecular complexity index is 742. The molecular weight excluding hydrogens is 292 g/mol. The van der Waals surface area contributed by atoms with Gasteiger partial charge >= 0.3 is 0 Å². The maximum Gasteiger partial charge on any atom is 0.293 e. The monoisotopic (exact) mass is 308 g/mol. The molecule has 0 amide bonds. The quantitative estimate of drug-likeness (QED) is 0.649. The maximum atomic E-state index is 11.7. The number of anilines is 1. The molecular formula is C13H16N4O3S. The molecule has 0 aliphatic carbocycles. The molecule has 112 valence electrons. The van der Waals surface area contributed by atoms with E-state index in [2.05, 4.69) is 15.3 Å². The Morgan fingerprint density at radius 1 is 1.48 bits per heavy atom. The third kappa shape index (κ3) is 3.33. The van der Waals surface area contributed by atoms with Gasteiger partial charge in [-0.3, -0.25) is 14.9 Å². The van der Waals surface area contributed by atoms with Crippen LogP contribution in [0, 0.1) is 10.1 Å². The van der Waals surface area contributed by atoms with Crippen LogP contribution in [-0.2, 0) is 0 Å². The minimum absolute atomic E-state index is 0.0651. The van der Waals surface area contributed by atoms with Gasteiger partial charge in [-0.05, 0) is 26.2 Å². The number of H-pyrrole nitrogens is 1. The Hall–Kier alpha value is -2.09. The van der Waals surface area contributed by atoms with Gasteiger partial charge in [-0.25, -0.2) is 4.98 Å². The number of fused-ring (bicyclic) bond motifs is 1. The van der Waals surface area contributed by atoms with Crippen molar-refractivity contribution in [2.75, 3.05) is 18.1 Å². The van der Waals surface area contributed by atoms with E-state index in [1.807, 2.05) is 20.1 Å². The van der Waals surface area contributed by atoms with Gasteiger partial charge in [-0.15, -0.1) is 0 Å². The van der Waals surface area contributed by atoms with Crippen molar-refractivity contribution in [2.45, 2.75) is 18.6 Å². The van der Waals surface area contributed by atoms with Gasteiger partial charge in [-0.2, -0.15) is 11.8 Å². The third-order valence-electron chi connectivity index (χ3n) is 3.21. The molecule has 0 bridgehead atoms. The van der Waals surface area contributed by atoms with Gasteiger partial charge in [0, 0.05) is 17.4 Å². The lowest BCUT2D eigenvalue weighted by molar-refractivity contribution is -0.383. The number of nitro groups is 1. The smallest absolute Gasteiger partial charge is 0.293 e. The number of hydrogen-bond acceptors (Lipinski definition) is 6. The summed E-state index contributed by atoms with van der Waals surface area (Å²) in [6, 6.07) is 2.80. The second kappa shape index (κ2) is 5.72. The van der Waals surface area contributed by atoms with Gasteiger partial charge in [0.25, 0.3) is 11.2 Å². The van der Waals surface area contributed by atoms with Crippen LogP contribution in [0.3, 0.4) is 0 Å². The van der Waals surface area contributed by atoms with Crippen molar-refractivity contribution in [2.24, 2.45) is 0 Å². The first-order valence-corrected chi connectivity index (χ1v) is 7.51. The molecule has 2 rings (SSSR count). The van der Waals surface area contributed by atoms with Gasteiger partial charge in [0.1, 0.15) is 5.69 Å². The minimum atomic E-state index is -0.500. The van der Waals surface area contributed by atoms with Crippen LogP contribution in [0.2, 0.25) is 0 Å². The molecule has 1 aromatic carbocycles. The summed E-state index contributed by atoms with van der Waals surface area (Å²) in [6.07, 6.45) is 3.27. The summed E-state index contributed by atoms with van der Waals surface area (Å²) in [6.45, 7) is 4.64. The van der Waals surface area contributed by atoms with Crippen LogP contribution in [0.25, 0.3) is 10.9 Å². The van der Waals surface area contributed by atoms with Crippen molar-refractivity contribution in [3.63, 3.8) is 0 Å². The number of aromatic amines is 1. The highest BCUT2D eigenvalue weighted by Gasteiger charge is 2.21. The molecule has 0 aliphatic heterocycles. The molecule has 0 saturated heterocycles. The summed E-state index contributed by atoms with van der Waals surface area (Å²) in [4.78, 5) is 28.8. The largest absolute Gasteiger partial charge is 0.378 e. The highest BCUT2D eigenvalue weighted by molar-refractivity contribution is 7.99. The molecule has 0 aliphatic rings. The van der Waals surface area contributed by atoms with E-state index in [0.29, 0.717) is 17.7 Å². The highest BCUT2D eigenvalue weighted by atomic mass is 32.2. The van der Waals surface area contributed by atoms with Gasteiger partial charge in [-0.1, -0.05) is 0 Å². The molecule has 21 heavy (non-hydrogen) atoms. The van der Waals surface area contributed by atoms with Crippen molar-refractivity contribution >= 4 is 34.0 Å². The normalized spacial score (nSPS) is 11.6. The van der Waals surface area contributed by atoms with E-state index in [-0.39, 0.29) is 21.4 Å². The fourth-order valence-electron chi connectivity index (χ4n) is 1.78. The number of rotatable bonds is 5. The summed E-state index contributed by atoms with van der Waals surface area (Å²) in [7, 11) is 0. The molecule has 0 unspecified atom stereocenters. The zero-order valence-electron chi connectivity index (χ0n) is 12.0. The van der Waals surface area contributed by atoms with Crippen LogP contribution in [0.5, 0.6) is 0 Å². The average Bonchev–Trinajstić information content (AvgIpc) is 2.44. The highest BCUT2D eigenvalue weighted by Crippen LogP contribution is 2.29. The van der Waals surface area contributed by atoms with Crippen LogP contribution in [0.4, 0.5) is 11.4 Å². The van der Waals surface area contributed by atoms with Crippen molar-refractivity contribution in [3.8, 4) is 0 Å². The Morgan fingerprint density at radius 2 is 2.19 bits per heavy atom. The molecule has 0 fully saturated rings. The van der Waals surface area contributed by atoms with Crippen LogP contribution < -0.4 is 10.9 Å². The number of nitrogens with one attached hydrogen (secondary N) is 2. The van der Waals surface area contributed by atoms with E-state index in [1.54, 1.807) is 17.8 Å². The van der Waals surface area contributed by atoms with Gasteiger partial charge in [0.2, 0.25) is 0 Å². The molecule has 0 spiro atoms. The molecule has 7 nitrogen and oxygen atoms in total. The molecule has 0 atom stereocenters. The molecule has 0 radical (unpaired) electrons. The molecule has 2 aromatic rings. The lowest BCUT2D eigenvalue weighted by Crippen LogP contribution is -2.26. The number of aromatic nitrogens is 2. The van der Waals surface area contributed by atoms with Gasteiger partial charge < -0.3 is 10.3 Å². The minimum Gasteiger partial charge on any atom is -0.378 e. The second-order valence-electron chi connectivity index (χ2n) is 5.19. The average molecular weight is 308 g/mol. The molecule has 1 aromatic heterocycles. The zero-order valence-corrected chi connectivity index (χ0v) is 12.8. The lowest BCUT2D eigenvalue weighted by atomic mass is 10.1. The Balaban J connectivity index is 2.49. The Morgan fingerprint density at radius 3 is 2.81 bits per heavy atom. The van der Waals surface area contributed by atoms with Gasteiger partial charge in [0.15, 0.2) is 0 Å². The lowest BCUT2D eigenvalue weighted by Gasteiger charge is -2.22. The van der Waals surface area contributed by atoms with E-state index >= 15 is 0 Å². The van der Waals surface area contributed by atoms with E-state index in [0.717, 1.165) is 0 Å². The first-order valence-electron chi connectivity index (χ1n) is 6.29. The van der Waals surface area contributed by atoms with Crippen LogP contribution in [-0.4, -0.2) is 32.4 Å². The predicted octanol–water partition coefficient (Wildman–Crippen LogP) is 2.38. The second-order valence-corrected chi connectivity index (χ2v) is 6.71. The van der Waals surface area contributed by atoms with Gasteiger partial charge in [0.05, 0.1) is 22.2 Å². The fourth-order valence-corrected chi connectivity index (χ4v) is 1.99. The molecule has 2 N–H and O–H groups in total. The summed E-state index contributed by atoms with van der Waals surface area (Å²) < 4.78 is -0.0651. The molecule has 1 heterocycles. The predicted molar refractivity (Wildman–Crippen MR) is 85.1 cm³/mol. The first kappa shape index (κ1) is 15.3. The maximum absolute atomic E-state index is 11.7. The topological polar surface area (TPSA) is 101 Å². The van der Waals surface area contributed by atoms with Crippen molar-refractivity contribution in [1.29, 1.82) is 0 Å². The van der Waals surface area contributed by atoms with E-state index in [1.165, 1.54) is 12.4 Å². The van der Waals surface area contributed by atoms with Crippen LogP contribution >= 0.6 is 11.8 Å². The third-order valence-corrected chi connectivity index (χ3v) is 4.46. The first-order chi connectivity index (χ1) is 9.84. The summed E-state index contributed by atoms with van der Waals surface area (Å²) in [5.41, 5.74) is 0.276.